The molecular weight excluding hydrogens is 236 g/mol. The quantitative estimate of drug-likeness (QED) is 0.910. The van der Waals surface area contributed by atoms with E-state index in [1.54, 1.807) is 6.33 Å². The van der Waals surface area contributed by atoms with Crippen molar-refractivity contribution < 1.29 is 0 Å². The van der Waals surface area contributed by atoms with Gasteiger partial charge in [0, 0.05) is 13.1 Å². The number of hydrogen-bond donors (Lipinski definition) is 1. The van der Waals surface area contributed by atoms with E-state index in [0.29, 0.717) is 11.5 Å². The topological polar surface area (TPSA) is 42.7 Å². The molecule has 1 aliphatic rings. The highest BCUT2D eigenvalue weighted by Gasteiger charge is 2.41. The van der Waals surface area contributed by atoms with Crippen molar-refractivity contribution in [3.05, 3.63) is 48.0 Å². The molecule has 0 atom stereocenters. The van der Waals surface area contributed by atoms with E-state index in [4.69, 9.17) is 0 Å². The molecule has 1 heterocycles. The van der Waals surface area contributed by atoms with Gasteiger partial charge in [0.1, 0.15) is 12.2 Å². The molecule has 1 fully saturated rings. The first kappa shape index (κ1) is 12.4. The van der Waals surface area contributed by atoms with Crippen molar-refractivity contribution in [1.29, 1.82) is 0 Å². The molecule has 4 heteroatoms. The fourth-order valence-corrected chi connectivity index (χ4v) is 2.95. The molecule has 100 valence electrons. The number of rotatable bonds is 4. The third kappa shape index (κ3) is 2.40. The van der Waals surface area contributed by atoms with Crippen LogP contribution in [0.5, 0.6) is 0 Å². The van der Waals surface area contributed by atoms with Crippen LogP contribution in [0.25, 0.3) is 0 Å². The van der Waals surface area contributed by atoms with Gasteiger partial charge in [-0.2, -0.15) is 0 Å². The van der Waals surface area contributed by atoms with Gasteiger partial charge in [0.05, 0.1) is 6.54 Å². The Morgan fingerprint density at radius 1 is 1.32 bits per heavy atom. The predicted octanol–water partition coefficient (Wildman–Crippen LogP) is 2.02. The van der Waals surface area contributed by atoms with Crippen LogP contribution in [-0.2, 0) is 19.0 Å². The minimum atomic E-state index is 0.332. The van der Waals surface area contributed by atoms with Gasteiger partial charge < -0.3 is 9.88 Å². The zero-order valence-corrected chi connectivity index (χ0v) is 11.5. The van der Waals surface area contributed by atoms with E-state index in [1.807, 2.05) is 11.6 Å². The van der Waals surface area contributed by atoms with Crippen molar-refractivity contribution in [2.45, 2.75) is 37.8 Å². The molecule has 1 aromatic carbocycles. The number of nitrogens with one attached hydrogen (secondary N) is 1. The molecule has 1 saturated carbocycles. The van der Waals surface area contributed by atoms with Crippen LogP contribution in [-0.4, -0.2) is 20.8 Å². The summed E-state index contributed by atoms with van der Waals surface area (Å²) in [6, 6.07) is 11.4. The van der Waals surface area contributed by atoms with Gasteiger partial charge >= 0.3 is 0 Å². The highest BCUT2D eigenvalue weighted by molar-refractivity contribution is 5.28. The number of aryl methyl sites for hydroxylation is 1. The molecule has 1 N–H and O–H groups in total. The summed E-state index contributed by atoms with van der Waals surface area (Å²) in [7, 11) is 1.98. The Labute approximate surface area is 113 Å². The van der Waals surface area contributed by atoms with Crippen molar-refractivity contribution >= 4 is 0 Å². The maximum atomic E-state index is 4.09. The van der Waals surface area contributed by atoms with Crippen molar-refractivity contribution in [3.63, 3.8) is 0 Å². The summed E-state index contributed by atoms with van der Waals surface area (Å²) in [6.07, 6.45) is 4.12. The normalized spacial score (nSPS) is 26.1. The zero-order chi connectivity index (χ0) is 13.3. The molecule has 0 aliphatic heterocycles. The van der Waals surface area contributed by atoms with Crippen molar-refractivity contribution in [1.82, 2.24) is 20.1 Å². The summed E-state index contributed by atoms with van der Waals surface area (Å²) in [4.78, 5) is 0. The van der Waals surface area contributed by atoms with E-state index in [0.717, 1.165) is 12.4 Å². The first-order chi connectivity index (χ1) is 9.17. The molecule has 0 spiro atoms. The fourth-order valence-electron chi connectivity index (χ4n) is 2.95. The lowest BCUT2D eigenvalue weighted by Crippen LogP contribution is -2.49. The molecule has 1 aliphatic carbocycles. The first-order valence-electron chi connectivity index (χ1n) is 6.79. The number of benzene rings is 1. The average Bonchev–Trinajstić information content (AvgIpc) is 2.80. The maximum absolute atomic E-state index is 4.09. The van der Waals surface area contributed by atoms with Crippen LogP contribution >= 0.6 is 0 Å². The molecule has 0 radical (unpaired) electrons. The van der Waals surface area contributed by atoms with E-state index in [1.165, 1.54) is 18.4 Å². The Bertz CT molecular complexity index is 540. The summed E-state index contributed by atoms with van der Waals surface area (Å²) >= 11 is 0. The molecule has 0 amide bonds. The SMILES string of the molecule is Cn1cnnc1CNC1CC(C)(c2ccccc2)C1. The van der Waals surface area contributed by atoms with Gasteiger partial charge in [-0.15, -0.1) is 10.2 Å². The minimum absolute atomic E-state index is 0.332. The Balaban J connectivity index is 1.54. The van der Waals surface area contributed by atoms with Crippen molar-refractivity contribution in [2.24, 2.45) is 7.05 Å². The summed E-state index contributed by atoms with van der Waals surface area (Å²) in [5.41, 5.74) is 1.78. The Morgan fingerprint density at radius 3 is 2.68 bits per heavy atom. The summed E-state index contributed by atoms with van der Waals surface area (Å²) in [5.74, 6) is 0.994. The molecule has 0 saturated heterocycles. The molecule has 4 nitrogen and oxygen atoms in total. The number of aromatic nitrogens is 3. The van der Waals surface area contributed by atoms with E-state index < -0.39 is 0 Å². The van der Waals surface area contributed by atoms with E-state index in [9.17, 15) is 0 Å². The lowest BCUT2D eigenvalue weighted by molar-refractivity contribution is 0.187. The predicted molar refractivity (Wildman–Crippen MR) is 74.7 cm³/mol. The maximum Gasteiger partial charge on any atom is 0.146 e. The second-order valence-corrected chi connectivity index (χ2v) is 5.77. The molecular formula is C15H20N4. The van der Waals surface area contributed by atoms with Crippen LogP contribution in [0.4, 0.5) is 0 Å². The monoisotopic (exact) mass is 256 g/mol. The summed E-state index contributed by atoms with van der Waals surface area (Å²) in [6.45, 7) is 3.15. The van der Waals surface area contributed by atoms with Crippen LogP contribution in [0, 0.1) is 0 Å². The van der Waals surface area contributed by atoms with Crippen molar-refractivity contribution in [2.75, 3.05) is 0 Å². The second-order valence-electron chi connectivity index (χ2n) is 5.77. The van der Waals surface area contributed by atoms with Crippen LogP contribution < -0.4 is 5.32 Å². The first-order valence-corrected chi connectivity index (χ1v) is 6.79. The molecule has 19 heavy (non-hydrogen) atoms. The van der Waals surface area contributed by atoms with Crippen molar-refractivity contribution in [3.8, 4) is 0 Å². The lowest BCUT2D eigenvalue weighted by Gasteiger charge is -2.46. The third-order valence-corrected chi connectivity index (χ3v) is 4.22. The molecule has 2 aromatic rings. The van der Waals surface area contributed by atoms with Gasteiger partial charge in [-0.3, -0.25) is 0 Å². The molecule has 3 rings (SSSR count). The molecule has 0 unspecified atom stereocenters. The molecule has 0 bridgehead atoms. The second kappa shape index (κ2) is 4.78. The van der Waals surface area contributed by atoms with E-state index in [2.05, 4.69) is 52.8 Å². The summed E-state index contributed by atoms with van der Waals surface area (Å²) < 4.78 is 1.96. The standard InChI is InChI=1S/C15H20N4/c1-15(12-6-4-3-5-7-12)8-13(9-15)16-10-14-18-17-11-19(14)2/h3-7,11,13,16H,8-10H2,1-2H3. The van der Waals surface area contributed by atoms with Gasteiger partial charge in [-0.1, -0.05) is 37.3 Å². The lowest BCUT2D eigenvalue weighted by atomic mass is 9.63. The number of nitrogens with zero attached hydrogens (tertiary/aromatic N) is 3. The fraction of sp³-hybridized carbons (Fsp3) is 0.467. The minimum Gasteiger partial charge on any atom is -0.320 e. The van der Waals surface area contributed by atoms with Crippen LogP contribution in [0.1, 0.15) is 31.2 Å². The Hall–Kier alpha value is -1.68. The third-order valence-electron chi connectivity index (χ3n) is 4.22. The van der Waals surface area contributed by atoms with Gasteiger partial charge in [0.15, 0.2) is 0 Å². The molecule has 1 aromatic heterocycles. The van der Waals surface area contributed by atoms with E-state index in [-0.39, 0.29) is 0 Å². The largest absolute Gasteiger partial charge is 0.320 e. The highest BCUT2D eigenvalue weighted by atomic mass is 15.3. The Morgan fingerprint density at radius 2 is 2.05 bits per heavy atom. The van der Waals surface area contributed by atoms with Gasteiger partial charge in [0.25, 0.3) is 0 Å². The van der Waals surface area contributed by atoms with E-state index >= 15 is 0 Å². The summed E-state index contributed by atoms with van der Waals surface area (Å²) in [5, 5.41) is 11.5. The van der Waals surface area contributed by atoms with Gasteiger partial charge in [-0.25, -0.2) is 0 Å². The van der Waals surface area contributed by atoms with Crippen LogP contribution in [0.2, 0.25) is 0 Å². The highest BCUT2D eigenvalue weighted by Crippen LogP contribution is 2.43. The Kier molecular flexibility index (Phi) is 3.11. The van der Waals surface area contributed by atoms with Crippen LogP contribution in [0.3, 0.4) is 0 Å². The zero-order valence-electron chi connectivity index (χ0n) is 11.5. The van der Waals surface area contributed by atoms with Gasteiger partial charge in [-0.05, 0) is 23.8 Å². The number of hydrogen-bond acceptors (Lipinski definition) is 3. The van der Waals surface area contributed by atoms with Crippen LogP contribution in [0.15, 0.2) is 36.7 Å². The van der Waals surface area contributed by atoms with Gasteiger partial charge in [0.2, 0.25) is 0 Å². The smallest absolute Gasteiger partial charge is 0.146 e. The average molecular weight is 256 g/mol.